The normalized spacial score (nSPS) is 10.8. The van der Waals surface area contributed by atoms with E-state index in [-0.39, 0.29) is 0 Å². The Balaban J connectivity index is 1.84. The maximum Gasteiger partial charge on any atom is 0.418 e. The van der Waals surface area contributed by atoms with Gasteiger partial charge < -0.3 is 9.47 Å². The Bertz CT molecular complexity index is 720. The number of nitrogens with zero attached hydrogens (tertiary/aromatic N) is 1. The first-order chi connectivity index (χ1) is 12.7. The number of hydrogen-bond donors (Lipinski definition) is 0. The van der Waals surface area contributed by atoms with Crippen molar-refractivity contribution in [3.05, 3.63) is 36.0 Å². The fourth-order valence-electron chi connectivity index (χ4n) is 3.09. The third-order valence-corrected chi connectivity index (χ3v) is 4.53. The number of para-hydroxylation sites is 1. The highest BCUT2D eigenvalue weighted by Gasteiger charge is 2.17. The summed E-state index contributed by atoms with van der Waals surface area (Å²) in [5.41, 5.74) is 0.915. The maximum atomic E-state index is 12.4. The van der Waals surface area contributed by atoms with E-state index in [2.05, 4.69) is 6.92 Å². The minimum absolute atomic E-state index is 0.387. The second-order valence-electron chi connectivity index (χ2n) is 6.51. The number of rotatable bonds is 10. The summed E-state index contributed by atoms with van der Waals surface area (Å²) in [7, 11) is 1.32. The molecule has 0 bridgehead atoms. The summed E-state index contributed by atoms with van der Waals surface area (Å²) in [6.45, 7) is 2.63. The van der Waals surface area contributed by atoms with Crippen molar-refractivity contribution >= 4 is 23.0 Å². The van der Waals surface area contributed by atoms with Crippen molar-refractivity contribution in [2.24, 2.45) is 0 Å². The molecule has 5 nitrogen and oxygen atoms in total. The van der Waals surface area contributed by atoms with Crippen molar-refractivity contribution in [2.75, 3.05) is 13.7 Å². The van der Waals surface area contributed by atoms with Crippen LogP contribution >= 0.6 is 0 Å². The summed E-state index contributed by atoms with van der Waals surface area (Å²) >= 11 is 0. The van der Waals surface area contributed by atoms with E-state index in [0.29, 0.717) is 17.7 Å². The zero-order valence-corrected chi connectivity index (χ0v) is 15.8. The van der Waals surface area contributed by atoms with Gasteiger partial charge in [-0.15, -0.1) is 0 Å². The largest absolute Gasteiger partial charge is 0.462 e. The Hall–Kier alpha value is -2.30. The molecule has 2 rings (SSSR count). The van der Waals surface area contributed by atoms with Crippen molar-refractivity contribution in [3.8, 4) is 0 Å². The lowest BCUT2D eigenvalue weighted by Crippen LogP contribution is -2.14. The van der Waals surface area contributed by atoms with Gasteiger partial charge in [-0.1, -0.05) is 64.0 Å². The number of ether oxygens (including phenoxy) is 2. The molecule has 0 aliphatic carbocycles. The van der Waals surface area contributed by atoms with E-state index in [1.165, 1.54) is 50.2 Å². The first kappa shape index (κ1) is 20.0. The highest BCUT2D eigenvalue weighted by atomic mass is 16.5. The molecule has 0 unspecified atom stereocenters. The van der Waals surface area contributed by atoms with Crippen LogP contribution in [0, 0.1) is 0 Å². The zero-order chi connectivity index (χ0) is 18.8. The molecule has 0 aliphatic heterocycles. The Morgan fingerprint density at radius 2 is 1.65 bits per heavy atom. The topological polar surface area (TPSA) is 57.5 Å². The predicted molar refractivity (Wildman–Crippen MR) is 103 cm³/mol. The number of aromatic nitrogens is 1. The number of esters is 1. The van der Waals surface area contributed by atoms with Crippen molar-refractivity contribution in [2.45, 2.75) is 58.3 Å². The molecule has 0 atom stereocenters. The Labute approximate surface area is 155 Å². The molecule has 0 fully saturated rings. The molecule has 1 aromatic heterocycles. The number of benzene rings is 1. The van der Waals surface area contributed by atoms with E-state index < -0.39 is 12.1 Å². The lowest BCUT2D eigenvalue weighted by molar-refractivity contribution is 0.0499. The van der Waals surface area contributed by atoms with Crippen LogP contribution in [-0.4, -0.2) is 30.3 Å². The fourth-order valence-corrected chi connectivity index (χ4v) is 3.09. The number of fused-ring (bicyclic) bond motifs is 1. The van der Waals surface area contributed by atoms with Crippen LogP contribution in [0.25, 0.3) is 10.9 Å². The van der Waals surface area contributed by atoms with Gasteiger partial charge in [0.15, 0.2) is 0 Å². The van der Waals surface area contributed by atoms with Gasteiger partial charge in [-0.2, -0.15) is 0 Å². The van der Waals surface area contributed by atoms with Gasteiger partial charge >= 0.3 is 12.1 Å². The number of carbonyl (C=O) groups is 2. The van der Waals surface area contributed by atoms with E-state index in [1.54, 1.807) is 24.4 Å². The second kappa shape index (κ2) is 10.6. The quantitative estimate of drug-likeness (QED) is 0.412. The van der Waals surface area contributed by atoms with Crippen molar-refractivity contribution < 1.29 is 19.1 Å². The van der Waals surface area contributed by atoms with E-state index in [4.69, 9.17) is 9.47 Å². The van der Waals surface area contributed by atoms with E-state index in [0.717, 1.165) is 18.2 Å². The summed E-state index contributed by atoms with van der Waals surface area (Å²) in [4.78, 5) is 24.3. The van der Waals surface area contributed by atoms with Crippen molar-refractivity contribution in [1.29, 1.82) is 0 Å². The van der Waals surface area contributed by atoms with Crippen LogP contribution in [0.3, 0.4) is 0 Å². The summed E-state index contributed by atoms with van der Waals surface area (Å²) < 4.78 is 11.5. The van der Waals surface area contributed by atoms with Gasteiger partial charge in [0, 0.05) is 11.6 Å². The molecule has 26 heavy (non-hydrogen) atoms. The molecule has 142 valence electrons. The van der Waals surface area contributed by atoms with E-state index >= 15 is 0 Å². The standard InChI is InChI=1S/C21H29NO4/c1-3-4-5-6-7-8-9-10-16-26-20(23)18-13-11-12-17-14-15-22(19(17)18)21(24)25-2/h11-15H,3-10,16H2,1-2H3. The lowest BCUT2D eigenvalue weighted by atomic mass is 10.1. The van der Waals surface area contributed by atoms with E-state index in [1.807, 2.05) is 6.07 Å². The SMILES string of the molecule is CCCCCCCCCCOC(=O)c1cccc2ccn(C(=O)OC)c12. The average molecular weight is 359 g/mol. The molecule has 0 amide bonds. The van der Waals surface area contributed by atoms with Gasteiger partial charge in [0.2, 0.25) is 0 Å². The average Bonchev–Trinajstić information content (AvgIpc) is 3.10. The first-order valence-electron chi connectivity index (χ1n) is 9.54. The Kier molecular flexibility index (Phi) is 8.19. The molecule has 0 spiro atoms. The molecule has 0 radical (unpaired) electrons. The van der Waals surface area contributed by atoms with Crippen molar-refractivity contribution in [3.63, 3.8) is 0 Å². The van der Waals surface area contributed by atoms with Crippen LogP contribution in [-0.2, 0) is 9.47 Å². The van der Waals surface area contributed by atoms with Gasteiger partial charge in [0.1, 0.15) is 0 Å². The van der Waals surface area contributed by atoms with Gasteiger partial charge in [-0.05, 0) is 18.6 Å². The van der Waals surface area contributed by atoms with Crippen molar-refractivity contribution in [1.82, 2.24) is 4.57 Å². The summed E-state index contributed by atoms with van der Waals surface area (Å²) in [6, 6.07) is 7.10. The lowest BCUT2D eigenvalue weighted by Gasteiger charge is -2.08. The summed E-state index contributed by atoms with van der Waals surface area (Å²) in [5, 5.41) is 0.803. The Morgan fingerprint density at radius 3 is 2.35 bits per heavy atom. The molecule has 1 aromatic carbocycles. The predicted octanol–water partition coefficient (Wildman–Crippen LogP) is 5.55. The molecule has 2 aromatic rings. The second-order valence-corrected chi connectivity index (χ2v) is 6.51. The summed E-state index contributed by atoms with van der Waals surface area (Å²) in [6.07, 6.45) is 10.6. The molecule has 1 heterocycles. The van der Waals surface area contributed by atoms with Crippen LogP contribution in [0.5, 0.6) is 0 Å². The van der Waals surface area contributed by atoms with Crippen LogP contribution < -0.4 is 0 Å². The van der Waals surface area contributed by atoms with E-state index in [9.17, 15) is 9.59 Å². The number of carbonyl (C=O) groups excluding carboxylic acids is 2. The highest BCUT2D eigenvalue weighted by Crippen LogP contribution is 2.21. The number of unbranched alkanes of at least 4 members (excludes halogenated alkanes) is 7. The van der Waals surface area contributed by atoms with Crippen LogP contribution in [0.4, 0.5) is 4.79 Å². The highest BCUT2D eigenvalue weighted by molar-refractivity contribution is 6.05. The van der Waals surface area contributed by atoms with Gasteiger partial charge in [-0.25, -0.2) is 9.59 Å². The molecular weight excluding hydrogens is 330 g/mol. The van der Waals surface area contributed by atoms with Gasteiger partial charge in [0.05, 0.1) is 24.8 Å². The maximum absolute atomic E-state index is 12.4. The zero-order valence-electron chi connectivity index (χ0n) is 15.8. The summed E-state index contributed by atoms with van der Waals surface area (Å²) in [5.74, 6) is -0.401. The molecular formula is C21H29NO4. The minimum Gasteiger partial charge on any atom is -0.462 e. The number of hydrogen-bond acceptors (Lipinski definition) is 4. The monoisotopic (exact) mass is 359 g/mol. The molecule has 5 heteroatoms. The molecule has 0 aliphatic rings. The number of methoxy groups -OCH3 is 1. The first-order valence-corrected chi connectivity index (χ1v) is 9.54. The fraction of sp³-hybridized carbons (Fsp3) is 0.524. The van der Waals surface area contributed by atoms with Gasteiger partial charge in [0.25, 0.3) is 0 Å². The van der Waals surface area contributed by atoms with Crippen LogP contribution in [0.15, 0.2) is 30.5 Å². The third kappa shape index (κ3) is 5.35. The smallest absolute Gasteiger partial charge is 0.418 e. The minimum atomic E-state index is -0.525. The third-order valence-electron chi connectivity index (χ3n) is 4.53. The Morgan fingerprint density at radius 1 is 0.962 bits per heavy atom. The van der Waals surface area contributed by atoms with Crippen LogP contribution in [0.1, 0.15) is 68.6 Å². The molecule has 0 saturated heterocycles. The van der Waals surface area contributed by atoms with Gasteiger partial charge in [-0.3, -0.25) is 4.57 Å². The van der Waals surface area contributed by atoms with Crippen LogP contribution in [0.2, 0.25) is 0 Å². The molecule has 0 saturated carbocycles. The molecule has 0 N–H and O–H groups in total.